The molecule has 0 aromatic heterocycles. The molecule has 0 aromatic rings. The van der Waals surface area contributed by atoms with E-state index in [2.05, 4.69) is 25.9 Å². The topological polar surface area (TPSA) is 66.4 Å². The van der Waals surface area contributed by atoms with Crippen LogP contribution in [-0.4, -0.2) is 50.7 Å². The van der Waals surface area contributed by atoms with Crippen molar-refractivity contribution in [1.82, 2.24) is 0 Å². The van der Waals surface area contributed by atoms with Gasteiger partial charge in [-0.25, -0.2) is 4.79 Å². The first-order chi connectivity index (χ1) is 7.61. The van der Waals surface area contributed by atoms with E-state index < -0.39 is 11.8 Å². The molecular formula is C9H16BrNO5. The lowest BCUT2D eigenvalue weighted by molar-refractivity contribution is -0.152. The van der Waals surface area contributed by atoms with Crippen molar-refractivity contribution < 1.29 is 23.8 Å². The molecule has 0 aliphatic heterocycles. The van der Waals surface area contributed by atoms with Crippen molar-refractivity contribution in [2.24, 2.45) is 5.16 Å². The summed E-state index contributed by atoms with van der Waals surface area (Å²) in [7, 11) is 4.12. The van der Waals surface area contributed by atoms with Crippen LogP contribution in [0, 0.1) is 0 Å². The Hall–Kier alpha value is -0.660. The number of carbonyl (C=O) groups excluding carboxylic acids is 1. The van der Waals surface area contributed by atoms with Crippen LogP contribution in [0.2, 0.25) is 0 Å². The fourth-order valence-electron chi connectivity index (χ4n) is 1.00. The molecule has 0 fully saturated rings. The lowest BCUT2D eigenvalue weighted by atomic mass is 10.2. The summed E-state index contributed by atoms with van der Waals surface area (Å²) in [4.78, 5) is 16.2. The quantitative estimate of drug-likeness (QED) is 0.230. The zero-order chi connectivity index (χ0) is 12.6. The van der Waals surface area contributed by atoms with E-state index in [-0.39, 0.29) is 17.6 Å². The highest BCUT2D eigenvalue weighted by molar-refractivity contribution is 9.09. The Morgan fingerprint density at radius 2 is 1.88 bits per heavy atom. The molecule has 6 nitrogen and oxygen atoms in total. The number of hydrogen-bond donors (Lipinski definition) is 0. The first-order valence-electron chi connectivity index (χ1n) is 4.56. The molecule has 0 heterocycles. The van der Waals surface area contributed by atoms with Gasteiger partial charge in [0.2, 0.25) is 11.5 Å². The lowest BCUT2D eigenvalue weighted by Gasteiger charge is -2.28. The summed E-state index contributed by atoms with van der Waals surface area (Å²) in [6.45, 7) is 1.92. The third-order valence-corrected chi connectivity index (χ3v) is 2.59. The molecule has 0 saturated heterocycles. The van der Waals surface area contributed by atoms with Gasteiger partial charge in [-0.15, -0.1) is 0 Å². The van der Waals surface area contributed by atoms with E-state index in [9.17, 15) is 4.79 Å². The van der Waals surface area contributed by atoms with Crippen LogP contribution in [0.5, 0.6) is 0 Å². The van der Waals surface area contributed by atoms with Gasteiger partial charge in [0, 0.05) is 14.2 Å². The fourth-order valence-corrected chi connectivity index (χ4v) is 1.73. The van der Waals surface area contributed by atoms with Crippen LogP contribution in [0.4, 0.5) is 0 Å². The first kappa shape index (κ1) is 15.3. The maximum Gasteiger partial charge on any atom is 0.361 e. The smallest absolute Gasteiger partial charge is 0.361 e. The predicted octanol–water partition coefficient (Wildman–Crippen LogP) is 0.936. The Bertz CT molecular complexity index is 244. The van der Waals surface area contributed by atoms with Gasteiger partial charge in [-0.2, -0.15) is 0 Å². The van der Waals surface area contributed by atoms with Gasteiger partial charge in [-0.1, -0.05) is 21.1 Å². The number of alkyl halides is 1. The normalized spacial score (nSPS) is 12.4. The van der Waals surface area contributed by atoms with Crippen molar-refractivity contribution >= 4 is 27.6 Å². The molecule has 16 heavy (non-hydrogen) atoms. The summed E-state index contributed by atoms with van der Waals surface area (Å²) < 4.78 is 15.1. The number of methoxy groups -OCH3 is 2. The minimum absolute atomic E-state index is 0.0845. The van der Waals surface area contributed by atoms with Gasteiger partial charge in [0.05, 0.1) is 11.9 Å². The standard InChI is InChI=1S/C9H16BrNO5/c1-5-16-8(12)7(11-15-4)9(6-10,13-2)14-3/h5-6H2,1-4H3/b11-7+. The van der Waals surface area contributed by atoms with Gasteiger partial charge in [0.15, 0.2) is 0 Å². The van der Waals surface area contributed by atoms with E-state index >= 15 is 0 Å². The van der Waals surface area contributed by atoms with Crippen LogP contribution in [0.1, 0.15) is 6.92 Å². The molecule has 0 aromatic carbocycles. The van der Waals surface area contributed by atoms with Crippen molar-refractivity contribution in [1.29, 1.82) is 0 Å². The van der Waals surface area contributed by atoms with Crippen molar-refractivity contribution in [2.45, 2.75) is 12.7 Å². The summed E-state index contributed by atoms with van der Waals surface area (Å²) in [6.07, 6.45) is 0. The van der Waals surface area contributed by atoms with Crippen molar-refractivity contribution in [3.63, 3.8) is 0 Å². The van der Waals surface area contributed by atoms with Gasteiger partial charge >= 0.3 is 5.97 Å². The molecule has 94 valence electrons. The van der Waals surface area contributed by atoms with E-state index in [1.54, 1.807) is 6.92 Å². The van der Waals surface area contributed by atoms with Gasteiger partial charge in [-0.3, -0.25) is 0 Å². The minimum atomic E-state index is -1.32. The minimum Gasteiger partial charge on any atom is -0.461 e. The Labute approximate surface area is 103 Å². The SMILES string of the molecule is CCOC(=O)/C(=N\OC)C(CBr)(OC)OC. The highest BCUT2D eigenvalue weighted by Crippen LogP contribution is 2.18. The van der Waals surface area contributed by atoms with Gasteiger partial charge < -0.3 is 19.0 Å². The number of esters is 1. The van der Waals surface area contributed by atoms with E-state index in [0.29, 0.717) is 0 Å². The second kappa shape index (κ2) is 7.59. The predicted molar refractivity (Wildman–Crippen MR) is 61.6 cm³/mol. The molecule has 0 radical (unpaired) electrons. The molecule has 7 heteroatoms. The number of ether oxygens (including phenoxy) is 3. The maximum atomic E-state index is 11.6. The summed E-state index contributed by atoms with van der Waals surface area (Å²) >= 11 is 3.19. The third kappa shape index (κ3) is 3.43. The Balaban J connectivity index is 5.16. The monoisotopic (exact) mass is 297 g/mol. The van der Waals surface area contributed by atoms with Crippen LogP contribution in [-0.2, 0) is 23.8 Å². The Morgan fingerprint density at radius 1 is 1.31 bits per heavy atom. The molecule has 0 saturated carbocycles. The molecule has 0 bridgehead atoms. The highest BCUT2D eigenvalue weighted by atomic mass is 79.9. The average molecular weight is 298 g/mol. The van der Waals surface area contributed by atoms with Crippen LogP contribution in [0.15, 0.2) is 5.16 Å². The zero-order valence-electron chi connectivity index (χ0n) is 9.78. The molecule has 0 unspecified atom stereocenters. The molecule has 0 rings (SSSR count). The maximum absolute atomic E-state index is 11.6. The van der Waals surface area contributed by atoms with Crippen molar-refractivity contribution in [3.8, 4) is 0 Å². The van der Waals surface area contributed by atoms with E-state index in [4.69, 9.17) is 14.2 Å². The van der Waals surface area contributed by atoms with E-state index in [1.165, 1.54) is 21.3 Å². The number of carbonyl (C=O) groups is 1. The summed E-state index contributed by atoms with van der Waals surface area (Å²) in [5, 5.41) is 3.81. The second-order valence-electron chi connectivity index (χ2n) is 2.64. The van der Waals surface area contributed by atoms with E-state index in [1.807, 2.05) is 0 Å². The average Bonchev–Trinajstić information content (AvgIpc) is 2.31. The van der Waals surface area contributed by atoms with Crippen LogP contribution in [0.25, 0.3) is 0 Å². The first-order valence-corrected chi connectivity index (χ1v) is 5.69. The molecular weight excluding hydrogens is 282 g/mol. The molecule has 0 atom stereocenters. The van der Waals surface area contributed by atoms with Gasteiger partial charge in [0.1, 0.15) is 7.11 Å². The van der Waals surface area contributed by atoms with Crippen LogP contribution in [0.3, 0.4) is 0 Å². The van der Waals surface area contributed by atoms with Crippen LogP contribution >= 0.6 is 15.9 Å². The van der Waals surface area contributed by atoms with E-state index in [0.717, 1.165) is 0 Å². The Morgan fingerprint density at radius 3 is 2.19 bits per heavy atom. The van der Waals surface area contributed by atoms with Crippen molar-refractivity contribution in [2.75, 3.05) is 33.3 Å². The summed E-state index contributed by atoms with van der Waals surface area (Å²) in [5.74, 6) is -1.96. The largest absolute Gasteiger partial charge is 0.461 e. The molecule has 0 aliphatic rings. The zero-order valence-corrected chi connectivity index (χ0v) is 11.4. The fraction of sp³-hybridized carbons (Fsp3) is 0.778. The summed E-state index contributed by atoms with van der Waals surface area (Å²) in [6, 6.07) is 0. The number of rotatable bonds is 7. The molecule has 0 amide bonds. The summed E-state index contributed by atoms with van der Waals surface area (Å²) in [5.41, 5.74) is -0.0845. The number of oxime groups is 1. The highest BCUT2D eigenvalue weighted by Gasteiger charge is 2.41. The lowest BCUT2D eigenvalue weighted by Crippen LogP contribution is -2.49. The van der Waals surface area contributed by atoms with Crippen LogP contribution < -0.4 is 0 Å². The molecule has 0 N–H and O–H groups in total. The van der Waals surface area contributed by atoms with Crippen molar-refractivity contribution in [3.05, 3.63) is 0 Å². The second-order valence-corrected chi connectivity index (χ2v) is 3.20. The number of nitrogens with zero attached hydrogens (tertiary/aromatic N) is 1. The molecule has 0 aliphatic carbocycles. The third-order valence-electron chi connectivity index (χ3n) is 1.85. The van der Waals surface area contributed by atoms with Gasteiger partial charge in [-0.05, 0) is 6.92 Å². The molecule has 0 spiro atoms. The van der Waals surface area contributed by atoms with Gasteiger partial charge in [0.25, 0.3) is 0 Å². The Kier molecular flexibility index (Phi) is 7.27. The number of halogens is 1. The number of hydrogen-bond acceptors (Lipinski definition) is 6.